The third-order valence-electron chi connectivity index (χ3n) is 5.85. The van der Waals surface area contributed by atoms with E-state index in [0.717, 1.165) is 23.2 Å². The molecule has 0 spiro atoms. The molecule has 33 heavy (non-hydrogen) atoms. The van der Waals surface area contributed by atoms with Crippen LogP contribution in [-0.2, 0) is 11.3 Å². The fraction of sp³-hybridized carbons (Fsp3) is 0.435. The van der Waals surface area contributed by atoms with Gasteiger partial charge in [-0.1, -0.05) is 29.3 Å². The van der Waals surface area contributed by atoms with E-state index in [-0.39, 0.29) is 24.1 Å². The molecule has 2 aromatic rings. The van der Waals surface area contributed by atoms with Gasteiger partial charge in [0.05, 0.1) is 34.8 Å². The second-order valence-corrected chi connectivity index (χ2v) is 8.79. The Morgan fingerprint density at radius 3 is 2.79 bits per heavy atom. The third kappa shape index (κ3) is 4.96. The van der Waals surface area contributed by atoms with E-state index in [1.807, 2.05) is 29.7 Å². The number of aryl methyl sites for hydroxylation is 1. The highest BCUT2D eigenvalue weighted by Gasteiger charge is 2.28. The zero-order valence-corrected chi connectivity index (χ0v) is 20.1. The van der Waals surface area contributed by atoms with E-state index in [0.29, 0.717) is 48.5 Å². The van der Waals surface area contributed by atoms with Crippen molar-refractivity contribution in [1.29, 1.82) is 0 Å². The molecule has 8 nitrogen and oxygen atoms in total. The number of aromatic nitrogens is 1. The summed E-state index contributed by atoms with van der Waals surface area (Å²) in [5, 5.41) is 8.06. The summed E-state index contributed by atoms with van der Waals surface area (Å²) >= 11 is 12.5. The molecule has 0 bridgehead atoms. The van der Waals surface area contributed by atoms with E-state index in [1.54, 1.807) is 24.0 Å². The molecule has 3 heterocycles. The van der Waals surface area contributed by atoms with Crippen molar-refractivity contribution in [3.05, 3.63) is 46.1 Å². The number of ether oxygens (including phenoxy) is 1. The molecule has 0 aliphatic carbocycles. The Morgan fingerprint density at radius 1 is 1.27 bits per heavy atom. The summed E-state index contributed by atoms with van der Waals surface area (Å²) in [5.74, 6) is 0.558. The predicted molar refractivity (Wildman–Crippen MR) is 130 cm³/mol. The number of rotatable bonds is 5. The van der Waals surface area contributed by atoms with Gasteiger partial charge < -0.3 is 24.8 Å². The number of benzene rings is 1. The molecule has 1 saturated heterocycles. The van der Waals surface area contributed by atoms with Crippen LogP contribution in [0.25, 0.3) is 10.9 Å². The topological polar surface area (TPSA) is 88.0 Å². The van der Waals surface area contributed by atoms with Crippen LogP contribution in [0.5, 0.6) is 0 Å². The summed E-state index contributed by atoms with van der Waals surface area (Å²) < 4.78 is 6.98. The molecule has 2 N–H and O–H groups in total. The van der Waals surface area contributed by atoms with Crippen molar-refractivity contribution in [2.75, 3.05) is 26.2 Å². The summed E-state index contributed by atoms with van der Waals surface area (Å²) in [5.41, 5.74) is 1.40. The Kier molecular flexibility index (Phi) is 7.14. The van der Waals surface area contributed by atoms with Crippen LogP contribution in [0.4, 0.5) is 4.79 Å². The first kappa shape index (κ1) is 23.4. The number of dihydropyridines is 1. The van der Waals surface area contributed by atoms with Crippen LogP contribution in [-0.4, -0.2) is 65.6 Å². The van der Waals surface area contributed by atoms with Gasteiger partial charge in [-0.15, -0.1) is 0 Å². The quantitative estimate of drug-likeness (QED) is 0.664. The maximum atomic E-state index is 13.0. The Hall–Kier alpha value is -2.71. The zero-order chi connectivity index (χ0) is 23.5. The number of carbonyl (C=O) groups is 2. The molecule has 0 radical (unpaired) electrons. The van der Waals surface area contributed by atoms with Gasteiger partial charge in [-0.3, -0.25) is 9.79 Å². The first-order valence-corrected chi connectivity index (χ1v) is 11.9. The third-order valence-corrected chi connectivity index (χ3v) is 6.67. The number of likely N-dealkylation sites (tertiary alicyclic amines) is 1. The van der Waals surface area contributed by atoms with Crippen molar-refractivity contribution in [2.45, 2.75) is 38.9 Å². The van der Waals surface area contributed by atoms with Gasteiger partial charge in [-0.25, -0.2) is 4.79 Å². The lowest BCUT2D eigenvalue weighted by Crippen LogP contribution is -2.42. The minimum atomic E-state index is -0.279. The fourth-order valence-corrected chi connectivity index (χ4v) is 4.60. The molecule has 1 fully saturated rings. The van der Waals surface area contributed by atoms with E-state index in [4.69, 9.17) is 27.9 Å². The Labute approximate surface area is 202 Å². The Balaban J connectivity index is 1.36. The molecular weight excluding hydrogens is 465 g/mol. The number of carbonyl (C=O) groups excluding carboxylic acids is 2. The average Bonchev–Trinajstić information content (AvgIpc) is 3.43. The van der Waals surface area contributed by atoms with Crippen molar-refractivity contribution >= 4 is 51.9 Å². The van der Waals surface area contributed by atoms with Crippen molar-refractivity contribution in [3.63, 3.8) is 0 Å². The summed E-state index contributed by atoms with van der Waals surface area (Å²) in [7, 11) is 0. The summed E-state index contributed by atoms with van der Waals surface area (Å²) in [6, 6.07) is 5.30. The number of nitrogens with one attached hydrogen (secondary N) is 2. The number of hydrogen-bond acceptors (Lipinski definition) is 5. The highest BCUT2D eigenvalue weighted by molar-refractivity contribution is 6.45. The van der Waals surface area contributed by atoms with E-state index in [9.17, 15) is 9.59 Å². The standard InChI is InChI=1S/C23H27Cl2N5O3/c1-3-30-18-7-6-17(24)21(25)16(18)11-19(30)22(31)28-14-5-8-20(26-12-14)27-15-9-10-29(13-15)23(32)33-4-2/h5-8,11,14-15H,3-4,9-10,12-13H2,1-2H3,(H,26,27)(H,28,31)/t14?,15-/m0/s1. The molecule has 2 atom stereocenters. The minimum Gasteiger partial charge on any atom is -0.450 e. The first-order chi connectivity index (χ1) is 15.9. The van der Waals surface area contributed by atoms with Crippen LogP contribution in [0.15, 0.2) is 35.3 Å². The van der Waals surface area contributed by atoms with Crippen LogP contribution in [0, 0.1) is 0 Å². The Morgan fingerprint density at radius 2 is 2.09 bits per heavy atom. The van der Waals surface area contributed by atoms with E-state index in [1.165, 1.54) is 0 Å². The van der Waals surface area contributed by atoms with Gasteiger partial charge in [0, 0.05) is 31.1 Å². The molecule has 1 aromatic heterocycles. The lowest BCUT2D eigenvalue weighted by atomic mass is 10.2. The second kappa shape index (κ2) is 10.1. The van der Waals surface area contributed by atoms with E-state index >= 15 is 0 Å². The molecule has 176 valence electrons. The lowest BCUT2D eigenvalue weighted by Gasteiger charge is -2.21. The van der Waals surface area contributed by atoms with Gasteiger partial charge in [0.1, 0.15) is 11.5 Å². The maximum absolute atomic E-state index is 13.0. The molecule has 2 aliphatic rings. The molecule has 10 heteroatoms. The first-order valence-electron chi connectivity index (χ1n) is 11.1. The highest BCUT2D eigenvalue weighted by Crippen LogP contribution is 2.33. The van der Waals surface area contributed by atoms with Crippen LogP contribution in [0.1, 0.15) is 30.8 Å². The average molecular weight is 492 g/mol. The van der Waals surface area contributed by atoms with Crippen molar-refractivity contribution in [1.82, 2.24) is 20.1 Å². The van der Waals surface area contributed by atoms with E-state index < -0.39 is 0 Å². The van der Waals surface area contributed by atoms with Crippen LogP contribution in [0.2, 0.25) is 10.0 Å². The largest absolute Gasteiger partial charge is 0.450 e. The van der Waals surface area contributed by atoms with Gasteiger partial charge >= 0.3 is 6.09 Å². The van der Waals surface area contributed by atoms with Gasteiger partial charge in [0.25, 0.3) is 5.91 Å². The zero-order valence-electron chi connectivity index (χ0n) is 18.6. The van der Waals surface area contributed by atoms with Crippen molar-refractivity contribution in [2.24, 2.45) is 4.99 Å². The van der Waals surface area contributed by atoms with Crippen molar-refractivity contribution in [3.8, 4) is 0 Å². The molecule has 4 rings (SSSR count). The lowest BCUT2D eigenvalue weighted by molar-refractivity contribution is 0.0936. The van der Waals surface area contributed by atoms with Crippen LogP contribution in [0.3, 0.4) is 0 Å². The monoisotopic (exact) mass is 491 g/mol. The highest BCUT2D eigenvalue weighted by atomic mass is 35.5. The normalized spacial score (nSPS) is 20.1. The van der Waals surface area contributed by atoms with Gasteiger partial charge in [-0.2, -0.15) is 0 Å². The van der Waals surface area contributed by atoms with Gasteiger partial charge in [0.15, 0.2) is 0 Å². The maximum Gasteiger partial charge on any atom is 0.409 e. The smallest absolute Gasteiger partial charge is 0.409 e. The number of amidine groups is 1. The molecule has 0 saturated carbocycles. The number of nitrogens with zero attached hydrogens (tertiary/aromatic N) is 3. The van der Waals surface area contributed by atoms with Gasteiger partial charge in [0.2, 0.25) is 0 Å². The van der Waals surface area contributed by atoms with Gasteiger partial charge in [-0.05, 0) is 44.5 Å². The molecule has 1 aromatic carbocycles. The number of halogens is 2. The molecule has 2 amide bonds. The number of aliphatic imine (C=N–C) groups is 1. The number of fused-ring (bicyclic) bond motifs is 1. The van der Waals surface area contributed by atoms with Crippen LogP contribution >= 0.6 is 23.2 Å². The Bertz CT molecular complexity index is 1130. The minimum absolute atomic E-state index is 0.126. The van der Waals surface area contributed by atoms with E-state index in [2.05, 4.69) is 15.6 Å². The number of amides is 2. The summed E-state index contributed by atoms with van der Waals surface area (Å²) in [6.45, 7) is 6.45. The molecule has 2 aliphatic heterocycles. The molecular formula is C23H27Cl2N5O3. The molecule has 1 unspecified atom stereocenters. The second-order valence-electron chi connectivity index (χ2n) is 8.01. The SMILES string of the molecule is CCOC(=O)N1CC[C@H](NC2=NCC(NC(=O)c3cc4c(Cl)c(Cl)ccc4n3CC)C=C2)C1. The fourth-order valence-electron chi connectivity index (χ4n) is 4.22. The van der Waals surface area contributed by atoms with Crippen LogP contribution < -0.4 is 10.6 Å². The summed E-state index contributed by atoms with van der Waals surface area (Å²) in [4.78, 5) is 31.1. The summed E-state index contributed by atoms with van der Waals surface area (Å²) in [6.07, 6.45) is 4.35. The van der Waals surface area contributed by atoms with Crippen molar-refractivity contribution < 1.29 is 14.3 Å². The number of hydrogen-bond donors (Lipinski definition) is 2. The predicted octanol–water partition coefficient (Wildman–Crippen LogP) is 3.86.